The molecule has 1 atom stereocenters. The Kier molecular flexibility index (Phi) is 2.83. The molecule has 0 aromatic heterocycles. The van der Waals surface area contributed by atoms with Gasteiger partial charge in [-0.25, -0.2) is 0 Å². The SMILES string of the molecule is C=P(S)(OC)c1ccccc1. The lowest BCUT2D eigenvalue weighted by Crippen LogP contribution is -2.00. The molecule has 0 N–H and O–H groups in total. The first kappa shape index (κ1) is 8.92. The van der Waals surface area contributed by atoms with Gasteiger partial charge in [-0.15, -0.1) is 12.2 Å². The minimum atomic E-state index is -1.83. The van der Waals surface area contributed by atoms with Gasteiger partial charge in [-0.3, -0.25) is 0 Å². The zero-order valence-corrected chi connectivity index (χ0v) is 8.19. The van der Waals surface area contributed by atoms with Crippen molar-refractivity contribution < 1.29 is 4.52 Å². The Morgan fingerprint density at radius 1 is 1.36 bits per heavy atom. The van der Waals surface area contributed by atoms with E-state index >= 15 is 0 Å². The number of hydrogen-bond acceptors (Lipinski definition) is 2. The van der Waals surface area contributed by atoms with Crippen LogP contribution in [-0.2, 0) is 4.52 Å². The molecule has 0 spiro atoms. The fourth-order valence-electron chi connectivity index (χ4n) is 0.766. The first-order valence-corrected chi connectivity index (χ1v) is 6.29. The average molecular weight is 186 g/mol. The van der Waals surface area contributed by atoms with Gasteiger partial charge < -0.3 is 4.52 Å². The Balaban J connectivity index is 3.03. The minimum Gasteiger partial charge on any atom is -0.351 e. The van der Waals surface area contributed by atoms with Crippen molar-refractivity contribution in [1.29, 1.82) is 0 Å². The van der Waals surface area contributed by atoms with Gasteiger partial charge in [-0.1, -0.05) is 36.6 Å². The van der Waals surface area contributed by atoms with E-state index in [-0.39, 0.29) is 0 Å². The summed E-state index contributed by atoms with van der Waals surface area (Å²) in [4.78, 5) is 0. The Morgan fingerprint density at radius 2 is 1.91 bits per heavy atom. The molecule has 1 aromatic carbocycles. The van der Waals surface area contributed by atoms with E-state index < -0.39 is 6.31 Å². The monoisotopic (exact) mass is 186 g/mol. The molecule has 0 radical (unpaired) electrons. The molecule has 0 saturated carbocycles. The van der Waals surface area contributed by atoms with E-state index in [1.165, 1.54) is 0 Å². The van der Waals surface area contributed by atoms with E-state index in [4.69, 9.17) is 4.52 Å². The first-order chi connectivity index (χ1) is 5.17. The van der Waals surface area contributed by atoms with Crippen molar-refractivity contribution in [2.45, 2.75) is 0 Å². The van der Waals surface area contributed by atoms with Crippen molar-refractivity contribution >= 4 is 30.2 Å². The smallest absolute Gasteiger partial charge is 0.0770 e. The van der Waals surface area contributed by atoms with Crippen molar-refractivity contribution in [3.8, 4) is 0 Å². The summed E-state index contributed by atoms with van der Waals surface area (Å²) in [7, 11) is 1.64. The van der Waals surface area contributed by atoms with Gasteiger partial charge in [0.25, 0.3) is 0 Å². The van der Waals surface area contributed by atoms with Crippen LogP contribution >= 0.6 is 18.6 Å². The van der Waals surface area contributed by atoms with Crippen molar-refractivity contribution in [3.63, 3.8) is 0 Å². The van der Waals surface area contributed by atoms with Crippen LogP contribution in [0, 0.1) is 0 Å². The lowest BCUT2D eigenvalue weighted by molar-refractivity contribution is 0.476. The Morgan fingerprint density at radius 3 is 2.36 bits per heavy atom. The number of benzene rings is 1. The zero-order valence-electron chi connectivity index (χ0n) is 6.40. The summed E-state index contributed by atoms with van der Waals surface area (Å²) in [5, 5.41) is 1.07. The largest absolute Gasteiger partial charge is 0.351 e. The molecule has 11 heavy (non-hydrogen) atoms. The molecule has 0 heterocycles. The van der Waals surface area contributed by atoms with E-state index in [0.717, 1.165) is 5.30 Å². The molecular weight excluding hydrogens is 175 g/mol. The van der Waals surface area contributed by atoms with E-state index in [1.54, 1.807) is 7.11 Å². The van der Waals surface area contributed by atoms with Crippen LogP contribution in [0.25, 0.3) is 0 Å². The molecule has 0 aliphatic carbocycles. The van der Waals surface area contributed by atoms with E-state index in [1.807, 2.05) is 30.3 Å². The van der Waals surface area contributed by atoms with E-state index in [2.05, 4.69) is 18.5 Å². The lowest BCUT2D eigenvalue weighted by atomic mass is 10.4. The van der Waals surface area contributed by atoms with Crippen LogP contribution in [0.5, 0.6) is 0 Å². The third-order valence-corrected chi connectivity index (χ3v) is 4.35. The van der Waals surface area contributed by atoms with Gasteiger partial charge in [-0.05, 0) is 0 Å². The molecule has 60 valence electrons. The van der Waals surface area contributed by atoms with E-state index in [9.17, 15) is 0 Å². The van der Waals surface area contributed by atoms with Crippen molar-refractivity contribution in [2.24, 2.45) is 0 Å². The van der Waals surface area contributed by atoms with Gasteiger partial charge in [0.1, 0.15) is 0 Å². The number of hydrogen-bond donors (Lipinski definition) is 1. The summed E-state index contributed by atoms with van der Waals surface area (Å²) in [6.45, 7) is 0. The molecule has 0 aliphatic rings. The average Bonchev–Trinajstić information content (AvgIpc) is 2.06. The van der Waals surface area contributed by atoms with Gasteiger partial charge >= 0.3 is 0 Å². The van der Waals surface area contributed by atoms with Crippen molar-refractivity contribution in [3.05, 3.63) is 30.3 Å². The summed E-state index contributed by atoms with van der Waals surface area (Å²) >= 11 is 4.35. The van der Waals surface area contributed by atoms with Gasteiger partial charge in [-0.2, -0.15) is 0 Å². The predicted octanol–water partition coefficient (Wildman–Crippen LogP) is 2.17. The molecular formula is C8H11OPS. The second kappa shape index (κ2) is 3.48. The molecule has 1 aromatic rings. The topological polar surface area (TPSA) is 9.23 Å². The van der Waals surface area contributed by atoms with Gasteiger partial charge in [0, 0.05) is 12.4 Å². The van der Waals surface area contributed by atoms with Crippen LogP contribution in [-0.4, -0.2) is 13.4 Å². The van der Waals surface area contributed by atoms with Gasteiger partial charge in [0.15, 0.2) is 0 Å². The lowest BCUT2D eigenvalue weighted by Gasteiger charge is -2.15. The van der Waals surface area contributed by atoms with Crippen LogP contribution < -0.4 is 5.30 Å². The van der Waals surface area contributed by atoms with E-state index in [0.29, 0.717) is 0 Å². The first-order valence-electron chi connectivity index (χ1n) is 3.24. The highest BCUT2D eigenvalue weighted by atomic mass is 32.7. The second-order valence-corrected chi connectivity index (χ2v) is 6.44. The van der Waals surface area contributed by atoms with Crippen LogP contribution in [0.4, 0.5) is 0 Å². The second-order valence-electron chi connectivity index (χ2n) is 2.22. The number of thiol groups is 1. The molecule has 0 bridgehead atoms. The molecule has 0 aliphatic heterocycles. The molecule has 3 heteroatoms. The maximum atomic E-state index is 5.19. The maximum absolute atomic E-state index is 5.19. The standard InChI is InChI=1S/C8H11OPS/c1-9-10(2,11)8-6-4-3-5-7-8/h3-7,11H,2H2,1H3. The summed E-state index contributed by atoms with van der Waals surface area (Å²) in [6.07, 6.45) is 2.08. The minimum absolute atomic E-state index is 1.07. The fraction of sp³-hybridized carbons (Fsp3) is 0.125. The summed E-state index contributed by atoms with van der Waals surface area (Å²) in [5.41, 5.74) is 0. The quantitative estimate of drug-likeness (QED) is 0.550. The highest BCUT2D eigenvalue weighted by Crippen LogP contribution is 2.48. The Bertz CT molecular complexity index is 271. The summed E-state index contributed by atoms with van der Waals surface area (Å²) in [6, 6.07) is 9.86. The molecule has 1 unspecified atom stereocenters. The molecule has 1 rings (SSSR count). The Labute approximate surface area is 72.6 Å². The van der Waals surface area contributed by atoms with Gasteiger partial charge in [0.05, 0.1) is 6.31 Å². The third-order valence-electron chi connectivity index (χ3n) is 1.46. The van der Waals surface area contributed by atoms with Crippen molar-refractivity contribution in [2.75, 3.05) is 7.11 Å². The van der Waals surface area contributed by atoms with Gasteiger partial charge in [0.2, 0.25) is 0 Å². The summed E-state index contributed by atoms with van der Waals surface area (Å²) in [5.74, 6) is 0. The van der Waals surface area contributed by atoms with Crippen molar-refractivity contribution in [1.82, 2.24) is 0 Å². The number of rotatable bonds is 2. The fourth-order valence-corrected chi connectivity index (χ4v) is 2.02. The van der Waals surface area contributed by atoms with Crippen LogP contribution in [0.15, 0.2) is 30.3 Å². The normalized spacial score (nSPS) is 15.8. The molecule has 0 saturated heterocycles. The molecule has 0 fully saturated rings. The molecule has 0 amide bonds. The maximum Gasteiger partial charge on any atom is 0.0770 e. The molecule has 1 nitrogen and oxygen atoms in total. The highest BCUT2D eigenvalue weighted by molar-refractivity contribution is 8.52. The highest BCUT2D eigenvalue weighted by Gasteiger charge is 2.08. The summed E-state index contributed by atoms with van der Waals surface area (Å²) < 4.78 is 5.19. The van der Waals surface area contributed by atoms with Crippen LogP contribution in [0.3, 0.4) is 0 Å². The zero-order chi connectivity index (χ0) is 8.32. The third kappa shape index (κ3) is 2.13. The van der Waals surface area contributed by atoms with Crippen LogP contribution in [0.2, 0.25) is 0 Å². The Hall–Kier alpha value is -0.170. The van der Waals surface area contributed by atoms with Crippen LogP contribution in [0.1, 0.15) is 0 Å². The predicted molar refractivity (Wildman–Crippen MR) is 56.1 cm³/mol.